The highest BCUT2D eigenvalue weighted by Gasteiger charge is 2.42. The zero-order chi connectivity index (χ0) is 14.8. The van der Waals surface area contributed by atoms with Gasteiger partial charge in [0.2, 0.25) is 0 Å². The quantitative estimate of drug-likeness (QED) is 0.908. The summed E-state index contributed by atoms with van der Waals surface area (Å²) in [5, 5.41) is 11.0. The van der Waals surface area contributed by atoms with Crippen molar-refractivity contribution >= 4 is 23.2 Å². The Labute approximate surface area is 131 Å². The Morgan fingerprint density at radius 1 is 1.25 bits per heavy atom. The summed E-state index contributed by atoms with van der Waals surface area (Å²) in [6.07, 6.45) is 4.56. The topological polar surface area (TPSA) is 23.5 Å². The molecule has 0 bridgehead atoms. The van der Waals surface area contributed by atoms with Gasteiger partial charge in [0.05, 0.1) is 10.0 Å². The summed E-state index contributed by atoms with van der Waals surface area (Å²) in [5.74, 6) is 0.288. The fraction of sp³-hybridized carbons (Fsp3) is 0.625. The molecule has 1 aromatic rings. The molecule has 0 spiro atoms. The first-order chi connectivity index (χ1) is 9.49. The molecule has 1 N–H and O–H groups in total. The van der Waals surface area contributed by atoms with E-state index < -0.39 is 0 Å². The molecule has 0 heterocycles. The minimum atomic E-state index is -0.0231. The van der Waals surface area contributed by atoms with Gasteiger partial charge in [0, 0.05) is 18.6 Å². The van der Waals surface area contributed by atoms with Gasteiger partial charge < -0.3 is 10.0 Å². The van der Waals surface area contributed by atoms with Crippen LogP contribution in [0.15, 0.2) is 18.2 Å². The van der Waals surface area contributed by atoms with Crippen LogP contribution < -0.4 is 0 Å². The maximum atomic E-state index is 9.85. The average Bonchev–Trinajstić information content (AvgIpc) is 2.41. The van der Waals surface area contributed by atoms with Crippen molar-refractivity contribution < 1.29 is 5.11 Å². The molecule has 112 valence electrons. The van der Waals surface area contributed by atoms with Crippen molar-refractivity contribution in [2.75, 3.05) is 27.2 Å². The fourth-order valence-corrected chi connectivity index (χ4v) is 3.93. The normalized spacial score (nSPS) is 27.0. The van der Waals surface area contributed by atoms with Crippen molar-refractivity contribution in [2.24, 2.45) is 5.92 Å². The third-order valence-corrected chi connectivity index (χ3v) is 5.26. The van der Waals surface area contributed by atoms with Gasteiger partial charge in [-0.2, -0.15) is 0 Å². The largest absolute Gasteiger partial charge is 0.396 e. The van der Waals surface area contributed by atoms with Gasteiger partial charge in [-0.05, 0) is 50.6 Å². The lowest BCUT2D eigenvalue weighted by molar-refractivity contribution is 0.0822. The third kappa shape index (κ3) is 3.14. The highest BCUT2D eigenvalue weighted by atomic mass is 35.5. The van der Waals surface area contributed by atoms with E-state index in [0.29, 0.717) is 10.0 Å². The summed E-state index contributed by atoms with van der Waals surface area (Å²) >= 11 is 12.3. The summed E-state index contributed by atoms with van der Waals surface area (Å²) in [6, 6.07) is 5.94. The molecule has 0 aliphatic heterocycles. The summed E-state index contributed by atoms with van der Waals surface area (Å²) < 4.78 is 0. The molecular formula is C16H23Cl2NO. The van der Waals surface area contributed by atoms with Gasteiger partial charge in [-0.15, -0.1) is 0 Å². The number of hydrogen-bond donors (Lipinski definition) is 1. The highest BCUT2D eigenvalue weighted by molar-refractivity contribution is 6.42. The monoisotopic (exact) mass is 315 g/mol. The number of rotatable bonds is 4. The summed E-state index contributed by atoms with van der Waals surface area (Å²) in [4.78, 5) is 2.20. The van der Waals surface area contributed by atoms with Crippen molar-refractivity contribution in [1.29, 1.82) is 0 Å². The molecule has 0 saturated heterocycles. The highest BCUT2D eigenvalue weighted by Crippen LogP contribution is 2.45. The molecule has 1 fully saturated rings. The lowest BCUT2D eigenvalue weighted by Gasteiger charge is -2.46. The van der Waals surface area contributed by atoms with E-state index in [4.69, 9.17) is 23.2 Å². The second kappa shape index (κ2) is 6.65. The molecular weight excluding hydrogens is 293 g/mol. The molecule has 0 radical (unpaired) electrons. The smallest absolute Gasteiger partial charge is 0.0595 e. The molecule has 0 aromatic heterocycles. The maximum absolute atomic E-state index is 9.85. The van der Waals surface area contributed by atoms with Gasteiger partial charge in [0.1, 0.15) is 0 Å². The first-order valence-electron chi connectivity index (χ1n) is 7.21. The van der Waals surface area contributed by atoms with E-state index in [1.54, 1.807) is 0 Å². The second-order valence-electron chi connectivity index (χ2n) is 6.15. The second-order valence-corrected chi connectivity index (χ2v) is 6.96. The minimum Gasteiger partial charge on any atom is -0.396 e. The Balaban J connectivity index is 2.46. The number of aliphatic hydroxyl groups is 1. The van der Waals surface area contributed by atoms with Crippen molar-refractivity contribution in [2.45, 2.75) is 31.1 Å². The molecule has 2 rings (SSSR count). The summed E-state index contributed by atoms with van der Waals surface area (Å²) in [5.41, 5.74) is 1.18. The molecule has 20 heavy (non-hydrogen) atoms. The number of hydrogen-bond acceptors (Lipinski definition) is 2. The summed E-state index contributed by atoms with van der Waals surface area (Å²) in [6.45, 7) is 1.16. The van der Waals surface area contributed by atoms with Crippen LogP contribution in [0.1, 0.15) is 31.2 Å². The third-order valence-electron chi connectivity index (χ3n) is 4.52. The van der Waals surface area contributed by atoms with Crippen molar-refractivity contribution in [3.63, 3.8) is 0 Å². The van der Waals surface area contributed by atoms with E-state index in [9.17, 15) is 5.11 Å². The van der Waals surface area contributed by atoms with Gasteiger partial charge in [0.25, 0.3) is 0 Å². The number of nitrogens with zero attached hydrogens (tertiary/aromatic N) is 1. The Bertz CT molecular complexity index is 464. The van der Waals surface area contributed by atoms with Gasteiger partial charge in [0.15, 0.2) is 0 Å². The molecule has 1 aliphatic rings. The number of benzene rings is 1. The first kappa shape index (κ1) is 16.1. The van der Waals surface area contributed by atoms with Crippen LogP contribution in [0.5, 0.6) is 0 Å². The Hall–Kier alpha value is -0.280. The first-order valence-corrected chi connectivity index (χ1v) is 7.96. The van der Waals surface area contributed by atoms with Gasteiger partial charge in [-0.25, -0.2) is 0 Å². The molecule has 1 saturated carbocycles. The number of likely N-dealkylation sites (N-methyl/N-ethyl adjacent to an activating group) is 1. The molecule has 1 aliphatic carbocycles. The van der Waals surface area contributed by atoms with E-state index >= 15 is 0 Å². The molecule has 0 unspecified atom stereocenters. The standard InChI is InChI=1S/C16H23Cl2NO/c1-19(2)11-16(8-4-3-5-13(16)10-20)12-6-7-14(17)15(18)9-12/h6-7,9,13,20H,3-5,8,10-11H2,1-2H3/t13-,16+/m0/s1. The number of aliphatic hydroxyl groups excluding tert-OH is 1. The zero-order valence-electron chi connectivity index (χ0n) is 12.2. The molecule has 2 nitrogen and oxygen atoms in total. The van der Waals surface area contributed by atoms with Gasteiger partial charge in [-0.3, -0.25) is 0 Å². The van der Waals surface area contributed by atoms with E-state index in [1.807, 2.05) is 12.1 Å². The lowest BCUT2D eigenvalue weighted by atomic mass is 9.62. The summed E-state index contributed by atoms with van der Waals surface area (Å²) in [7, 11) is 4.17. The minimum absolute atomic E-state index is 0.0231. The van der Waals surface area contributed by atoms with Crippen molar-refractivity contribution in [3.05, 3.63) is 33.8 Å². The van der Waals surface area contributed by atoms with E-state index in [0.717, 1.165) is 19.4 Å². The van der Waals surface area contributed by atoms with Crippen molar-refractivity contribution in [3.8, 4) is 0 Å². The Morgan fingerprint density at radius 3 is 2.60 bits per heavy atom. The van der Waals surface area contributed by atoms with Gasteiger partial charge >= 0.3 is 0 Å². The Morgan fingerprint density at radius 2 is 2.00 bits per heavy atom. The van der Waals surface area contributed by atoms with E-state index in [-0.39, 0.29) is 17.9 Å². The van der Waals surface area contributed by atoms with Gasteiger partial charge in [-0.1, -0.05) is 42.1 Å². The predicted molar refractivity (Wildman–Crippen MR) is 85.7 cm³/mol. The maximum Gasteiger partial charge on any atom is 0.0595 e. The van der Waals surface area contributed by atoms with Crippen LogP contribution in [0.25, 0.3) is 0 Å². The molecule has 0 amide bonds. The average molecular weight is 316 g/mol. The van der Waals surface area contributed by atoms with Crippen molar-refractivity contribution in [1.82, 2.24) is 4.90 Å². The van der Waals surface area contributed by atoms with Crippen LogP contribution in [0.3, 0.4) is 0 Å². The van der Waals surface area contributed by atoms with Crippen LogP contribution in [-0.4, -0.2) is 37.3 Å². The predicted octanol–water partition coefficient (Wildman–Crippen LogP) is 3.98. The lowest BCUT2D eigenvalue weighted by Crippen LogP contribution is -2.47. The van der Waals surface area contributed by atoms with Crippen LogP contribution in [0.4, 0.5) is 0 Å². The molecule has 2 atom stereocenters. The zero-order valence-corrected chi connectivity index (χ0v) is 13.7. The fourth-order valence-electron chi connectivity index (χ4n) is 3.63. The molecule has 1 aromatic carbocycles. The number of halogens is 2. The van der Waals surface area contributed by atoms with Crippen LogP contribution in [0.2, 0.25) is 10.0 Å². The Kier molecular flexibility index (Phi) is 5.36. The van der Waals surface area contributed by atoms with E-state index in [2.05, 4.69) is 25.1 Å². The van der Waals surface area contributed by atoms with Crippen LogP contribution in [0, 0.1) is 5.92 Å². The van der Waals surface area contributed by atoms with E-state index in [1.165, 1.54) is 18.4 Å². The van der Waals surface area contributed by atoms with Crippen LogP contribution >= 0.6 is 23.2 Å². The SMILES string of the molecule is CN(C)C[C@@]1(c2ccc(Cl)c(Cl)c2)CCCC[C@H]1CO. The molecule has 4 heteroatoms. The van der Waals surface area contributed by atoms with Crippen LogP contribution in [-0.2, 0) is 5.41 Å².